The quantitative estimate of drug-likeness (QED) is 0.350. The second kappa shape index (κ2) is 4.24. The van der Waals surface area contributed by atoms with Gasteiger partial charge in [-0.25, -0.2) is 0 Å². The van der Waals surface area contributed by atoms with Crippen LogP contribution in [0.2, 0.25) is 0 Å². The summed E-state index contributed by atoms with van der Waals surface area (Å²) in [5, 5.41) is 11.0. The molecule has 0 unspecified atom stereocenters. The molecule has 14 heavy (non-hydrogen) atoms. The highest BCUT2D eigenvalue weighted by Crippen LogP contribution is 2.20. The molecule has 0 bridgehead atoms. The van der Waals surface area contributed by atoms with Crippen LogP contribution in [0.5, 0.6) is 0 Å². The highest BCUT2D eigenvalue weighted by atomic mass is 79.9. The second-order valence-electron chi connectivity index (χ2n) is 2.53. The Morgan fingerprint density at radius 1 is 1.71 bits per heavy atom. The van der Waals surface area contributed by atoms with Gasteiger partial charge in [-0.1, -0.05) is 21.9 Å². The van der Waals surface area contributed by atoms with Gasteiger partial charge in [0, 0.05) is 7.05 Å². The summed E-state index contributed by atoms with van der Waals surface area (Å²) in [5.74, 6) is 5.63. The van der Waals surface area contributed by atoms with Crippen LogP contribution in [0.15, 0.2) is 0 Å². The highest BCUT2D eigenvalue weighted by Gasteiger charge is 2.23. The number of aromatic nitrogens is 2. The van der Waals surface area contributed by atoms with E-state index in [9.17, 15) is 10.1 Å². The summed E-state index contributed by atoms with van der Waals surface area (Å²) in [6.45, 7) is 1.66. The Morgan fingerprint density at radius 3 is 2.71 bits per heavy atom. The first-order chi connectivity index (χ1) is 6.61. The lowest BCUT2D eigenvalue weighted by Gasteiger charge is -1.95. The molecule has 1 heterocycles. The molecular weight excluding hydrogens is 250 g/mol. The van der Waals surface area contributed by atoms with Crippen LogP contribution in [0, 0.1) is 22.0 Å². The van der Waals surface area contributed by atoms with E-state index in [-0.39, 0.29) is 5.82 Å². The smallest absolute Gasteiger partial charge is 0.358 e. The van der Waals surface area contributed by atoms with Crippen molar-refractivity contribution in [1.29, 1.82) is 0 Å². The van der Waals surface area contributed by atoms with E-state index in [4.69, 9.17) is 0 Å². The number of alkyl halides is 1. The van der Waals surface area contributed by atoms with Crippen molar-refractivity contribution < 1.29 is 4.92 Å². The minimum Gasteiger partial charge on any atom is -0.358 e. The second-order valence-corrected chi connectivity index (χ2v) is 3.09. The molecule has 0 aliphatic heterocycles. The van der Waals surface area contributed by atoms with E-state index in [0.29, 0.717) is 16.8 Å². The third kappa shape index (κ3) is 1.77. The van der Waals surface area contributed by atoms with E-state index in [1.165, 1.54) is 0 Å². The minimum atomic E-state index is -0.503. The zero-order valence-electron chi connectivity index (χ0n) is 7.74. The number of nitrogens with zero attached hydrogens (tertiary/aromatic N) is 3. The van der Waals surface area contributed by atoms with Gasteiger partial charge >= 0.3 is 5.82 Å². The number of rotatable bonds is 2. The standard InChI is InChI=1S/C8H8BrN3O2/c1-3-4-7-10-8(12(13)14)6(5-9)11(7)2/h5H2,1-2H3. The van der Waals surface area contributed by atoms with E-state index < -0.39 is 4.92 Å². The average Bonchev–Trinajstić information content (AvgIpc) is 2.44. The fraction of sp³-hybridized carbons (Fsp3) is 0.375. The van der Waals surface area contributed by atoms with Crippen molar-refractivity contribution in [1.82, 2.24) is 9.55 Å². The summed E-state index contributed by atoms with van der Waals surface area (Å²) in [4.78, 5) is 13.9. The predicted octanol–water partition coefficient (Wildman–Crippen LogP) is 1.59. The van der Waals surface area contributed by atoms with Crippen molar-refractivity contribution in [3.63, 3.8) is 0 Å². The average molecular weight is 258 g/mol. The van der Waals surface area contributed by atoms with Crippen LogP contribution in [-0.2, 0) is 12.4 Å². The molecule has 0 N–H and O–H groups in total. The molecule has 0 fully saturated rings. The first kappa shape index (κ1) is 10.7. The Morgan fingerprint density at radius 2 is 2.36 bits per heavy atom. The van der Waals surface area contributed by atoms with Crippen molar-refractivity contribution >= 4 is 21.7 Å². The summed E-state index contributed by atoms with van der Waals surface area (Å²) in [5.41, 5.74) is 0.521. The van der Waals surface area contributed by atoms with Gasteiger partial charge in [-0.3, -0.25) is 4.57 Å². The zero-order chi connectivity index (χ0) is 10.7. The van der Waals surface area contributed by atoms with Gasteiger partial charge in [0.25, 0.3) is 5.82 Å². The monoisotopic (exact) mass is 257 g/mol. The van der Waals surface area contributed by atoms with Crippen molar-refractivity contribution in [3.8, 4) is 11.8 Å². The molecule has 0 radical (unpaired) electrons. The lowest BCUT2D eigenvalue weighted by Crippen LogP contribution is -1.98. The topological polar surface area (TPSA) is 61.0 Å². The van der Waals surface area contributed by atoms with Gasteiger partial charge in [0.05, 0.1) is 5.33 Å². The summed E-state index contributed by atoms with van der Waals surface area (Å²) in [6.07, 6.45) is 0. The Hall–Kier alpha value is -1.35. The van der Waals surface area contributed by atoms with Crippen LogP contribution >= 0.6 is 15.9 Å². The molecule has 0 amide bonds. The summed E-state index contributed by atoms with van der Waals surface area (Å²) in [7, 11) is 1.70. The normalized spacial score (nSPS) is 9.36. The molecule has 0 aliphatic rings. The Kier molecular flexibility index (Phi) is 3.25. The molecule has 74 valence electrons. The van der Waals surface area contributed by atoms with Crippen LogP contribution in [0.1, 0.15) is 18.4 Å². The fourth-order valence-electron chi connectivity index (χ4n) is 1.04. The minimum absolute atomic E-state index is 0.137. The molecule has 6 heteroatoms. The first-order valence-corrected chi connectivity index (χ1v) is 4.92. The number of imidazole rings is 1. The Bertz CT molecular complexity index is 428. The predicted molar refractivity (Wildman–Crippen MR) is 55.0 cm³/mol. The lowest BCUT2D eigenvalue weighted by atomic mass is 10.5. The van der Waals surface area contributed by atoms with Crippen LogP contribution in [0.25, 0.3) is 0 Å². The molecule has 1 rings (SSSR count). The first-order valence-electron chi connectivity index (χ1n) is 3.80. The van der Waals surface area contributed by atoms with Crippen LogP contribution in [0.3, 0.4) is 0 Å². The van der Waals surface area contributed by atoms with Gasteiger partial charge in [-0.2, -0.15) is 0 Å². The van der Waals surface area contributed by atoms with Gasteiger partial charge in [-0.15, -0.1) is 0 Å². The fourth-order valence-corrected chi connectivity index (χ4v) is 1.66. The van der Waals surface area contributed by atoms with E-state index >= 15 is 0 Å². The number of hydrogen-bond donors (Lipinski definition) is 0. The maximum atomic E-state index is 10.6. The maximum absolute atomic E-state index is 10.6. The number of nitro groups is 1. The molecule has 0 atom stereocenters. The molecule has 5 nitrogen and oxygen atoms in total. The maximum Gasteiger partial charge on any atom is 0.387 e. The Balaban J connectivity index is 3.36. The molecule has 0 aliphatic carbocycles. The Labute approximate surface area is 89.4 Å². The van der Waals surface area contributed by atoms with Crippen LogP contribution in [-0.4, -0.2) is 14.5 Å². The molecule has 0 spiro atoms. The molecule has 1 aromatic heterocycles. The van der Waals surface area contributed by atoms with Gasteiger partial charge in [0.15, 0.2) is 0 Å². The number of halogens is 1. The van der Waals surface area contributed by atoms with E-state index in [0.717, 1.165) is 0 Å². The molecule has 0 saturated carbocycles. The summed E-state index contributed by atoms with van der Waals surface area (Å²) >= 11 is 3.18. The van der Waals surface area contributed by atoms with Crippen molar-refractivity contribution in [2.24, 2.45) is 7.05 Å². The van der Waals surface area contributed by atoms with Gasteiger partial charge < -0.3 is 10.1 Å². The number of hydrogen-bond acceptors (Lipinski definition) is 3. The van der Waals surface area contributed by atoms with Crippen molar-refractivity contribution in [2.45, 2.75) is 12.3 Å². The van der Waals surface area contributed by atoms with E-state index in [1.54, 1.807) is 18.5 Å². The van der Waals surface area contributed by atoms with Crippen LogP contribution < -0.4 is 0 Å². The van der Waals surface area contributed by atoms with E-state index in [1.807, 2.05) is 0 Å². The summed E-state index contributed by atoms with van der Waals surface area (Å²) < 4.78 is 1.61. The molecule has 0 aromatic carbocycles. The van der Waals surface area contributed by atoms with Crippen molar-refractivity contribution in [3.05, 3.63) is 21.6 Å². The SMILES string of the molecule is CC#Cc1nc([N+](=O)[O-])c(CBr)n1C. The van der Waals surface area contributed by atoms with Gasteiger partial charge in [0.2, 0.25) is 0 Å². The van der Waals surface area contributed by atoms with Crippen LogP contribution in [0.4, 0.5) is 5.82 Å². The van der Waals surface area contributed by atoms with E-state index in [2.05, 4.69) is 32.8 Å². The largest absolute Gasteiger partial charge is 0.387 e. The zero-order valence-corrected chi connectivity index (χ0v) is 9.33. The third-order valence-electron chi connectivity index (χ3n) is 1.73. The van der Waals surface area contributed by atoms with Crippen molar-refractivity contribution in [2.75, 3.05) is 0 Å². The van der Waals surface area contributed by atoms with Gasteiger partial charge in [-0.05, 0) is 22.8 Å². The molecular formula is C8H8BrN3O2. The molecule has 1 aromatic rings. The third-order valence-corrected chi connectivity index (χ3v) is 2.26. The highest BCUT2D eigenvalue weighted by molar-refractivity contribution is 9.08. The molecule has 0 saturated heterocycles. The van der Waals surface area contributed by atoms with Gasteiger partial charge in [0.1, 0.15) is 5.69 Å². The lowest BCUT2D eigenvalue weighted by molar-refractivity contribution is -0.390. The summed E-state index contributed by atoms with van der Waals surface area (Å²) in [6, 6.07) is 0.